The Morgan fingerprint density at radius 2 is 2.03 bits per heavy atom. The topological polar surface area (TPSA) is 62.7 Å². The Hall–Kier alpha value is -3.06. The number of piperidine rings is 1. The van der Waals surface area contributed by atoms with E-state index >= 15 is 4.39 Å². The number of carboxylic acids is 1. The first-order chi connectivity index (χ1) is 18.4. The van der Waals surface area contributed by atoms with Crippen molar-refractivity contribution in [2.24, 2.45) is 11.8 Å². The summed E-state index contributed by atoms with van der Waals surface area (Å²) in [6, 6.07) is 14.0. The molecule has 0 radical (unpaired) electrons. The molecule has 2 heterocycles. The van der Waals surface area contributed by atoms with Gasteiger partial charge in [-0.1, -0.05) is 12.1 Å². The van der Waals surface area contributed by atoms with Crippen LogP contribution in [0.5, 0.6) is 5.75 Å². The molecule has 3 atom stereocenters. The van der Waals surface area contributed by atoms with Gasteiger partial charge in [-0.2, -0.15) is 0 Å². The average Bonchev–Trinajstić information content (AvgIpc) is 2.92. The van der Waals surface area contributed by atoms with E-state index in [1.165, 1.54) is 6.07 Å². The number of rotatable bonds is 13. The number of hydrogen-bond acceptors (Lipinski definition) is 4. The summed E-state index contributed by atoms with van der Waals surface area (Å²) < 4.78 is 34.3. The molecule has 0 amide bonds. The lowest BCUT2D eigenvalue weighted by atomic mass is 9.79. The summed E-state index contributed by atoms with van der Waals surface area (Å²) in [7, 11) is 1.60. The van der Waals surface area contributed by atoms with E-state index in [9.17, 15) is 14.3 Å². The summed E-state index contributed by atoms with van der Waals surface area (Å²) in [4.78, 5) is 18.1. The molecule has 204 valence electrons. The first-order valence-corrected chi connectivity index (χ1v) is 13.7. The molecular formula is C31H38F2N2O3. The van der Waals surface area contributed by atoms with Gasteiger partial charge in [0.2, 0.25) is 0 Å². The summed E-state index contributed by atoms with van der Waals surface area (Å²) in [5.74, 6) is 0.245. The molecule has 1 saturated heterocycles. The Kier molecular flexibility index (Phi) is 10.0. The molecule has 38 heavy (non-hydrogen) atoms. The number of benzene rings is 2. The van der Waals surface area contributed by atoms with E-state index in [-0.39, 0.29) is 18.2 Å². The van der Waals surface area contributed by atoms with Crippen molar-refractivity contribution in [3.05, 3.63) is 71.7 Å². The largest absolute Gasteiger partial charge is 0.497 e. The lowest BCUT2D eigenvalue weighted by molar-refractivity contribution is -0.137. The Morgan fingerprint density at radius 3 is 2.82 bits per heavy atom. The van der Waals surface area contributed by atoms with E-state index in [0.29, 0.717) is 30.1 Å². The van der Waals surface area contributed by atoms with Crippen molar-refractivity contribution >= 4 is 16.9 Å². The van der Waals surface area contributed by atoms with Crippen molar-refractivity contribution in [2.75, 3.05) is 26.7 Å². The SMILES string of the molecule is COc1ccc2nccc(C(F)CC[C@@H]3CCN(CCCCc4cccc(F)c4)C[C@@H]3CCC(=O)O)c2c1. The molecule has 1 aromatic heterocycles. The fourth-order valence-corrected chi connectivity index (χ4v) is 5.79. The van der Waals surface area contributed by atoms with Gasteiger partial charge >= 0.3 is 5.97 Å². The van der Waals surface area contributed by atoms with Crippen LogP contribution in [-0.4, -0.2) is 47.7 Å². The number of halogens is 2. The lowest BCUT2D eigenvalue weighted by Crippen LogP contribution is -2.41. The fraction of sp³-hybridized carbons (Fsp3) is 0.484. The van der Waals surface area contributed by atoms with Crippen LogP contribution in [0.15, 0.2) is 54.7 Å². The maximum absolute atomic E-state index is 15.5. The summed E-state index contributed by atoms with van der Waals surface area (Å²) in [5, 5.41) is 10.1. The summed E-state index contributed by atoms with van der Waals surface area (Å²) in [6.45, 7) is 2.74. The van der Waals surface area contributed by atoms with Gasteiger partial charge in [-0.15, -0.1) is 0 Å². The number of alkyl halides is 1. The number of ether oxygens (including phenoxy) is 1. The van der Waals surface area contributed by atoms with Crippen molar-refractivity contribution in [2.45, 2.75) is 57.5 Å². The molecule has 1 N–H and O–H groups in total. The first kappa shape index (κ1) is 28.0. The van der Waals surface area contributed by atoms with Crippen molar-refractivity contribution < 1.29 is 23.4 Å². The predicted octanol–water partition coefficient (Wildman–Crippen LogP) is 7.00. The summed E-state index contributed by atoms with van der Waals surface area (Å²) >= 11 is 0. The zero-order valence-electron chi connectivity index (χ0n) is 22.1. The van der Waals surface area contributed by atoms with Gasteiger partial charge in [0.1, 0.15) is 17.7 Å². The smallest absolute Gasteiger partial charge is 0.303 e. The molecule has 1 unspecified atom stereocenters. The molecule has 0 saturated carbocycles. The molecule has 2 aromatic carbocycles. The van der Waals surface area contributed by atoms with Crippen LogP contribution in [0, 0.1) is 17.7 Å². The zero-order chi connectivity index (χ0) is 26.9. The standard InChI is InChI=1S/C31H38F2N2O3/c1-38-26-10-12-30-28(20-26)27(14-16-34-30)29(33)11-8-23-15-18-35(21-24(23)9-13-31(36)37)17-3-2-5-22-6-4-7-25(32)19-22/h4,6-7,10,12,14,16,19-20,23-24,29H,2-3,5,8-9,11,13,15,17-18,21H2,1H3,(H,36,37)/t23-,24+,29?/m1/s1. The van der Waals surface area contributed by atoms with Crippen LogP contribution < -0.4 is 4.74 Å². The number of aliphatic carboxylic acids is 1. The van der Waals surface area contributed by atoms with Crippen LogP contribution in [0.2, 0.25) is 0 Å². The molecule has 5 nitrogen and oxygen atoms in total. The molecule has 0 spiro atoms. The Bertz CT molecular complexity index is 1200. The highest BCUT2D eigenvalue weighted by Crippen LogP contribution is 2.36. The second kappa shape index (κ2) is 13.7. The van der Waals surface area contributed by atoms with Crippen LogP contribution >= 0.6 is 0 Å². The third kappa shape index (κ3) is 7.73. The van der Waals surface area contributed by atoms with Crippen molar-refractivity contribution in [1.29, 1.82) is 0 Å². The number of hydrogen-bond donors (Lipinski definition) is 1. The van der Waals surface area contributed by atoms with E-state index in [2.05, 4.69) is 9.88 Å². The highest BCUT2D eigenvalue weighted by molar-refractivity contribution is 5.83. The molecule has 3 aromatic rings. The maximum atomic E-state index is 15.5. The Labute approximate surface area is 223 Å². The number of unbranched alkanes of at least 4 members (excludes halogenated alkanes) is 1. The van der Waals surface area contributed by atoms with Crippen molar-refractivity contribution in [3.63, 3.8) is 0 Å². The van der Waals surface area contributed by atoms with E-state index in [0.717, 1.165) is 68.2 Å². The first-order valence-electron chi connectivity index (χ1n) is 13.7. The maximum Gasteiger partial charge on any atom is 0.303 e. The number of carboxylic acid groups (broad SMARTS) is 1. The highest BCUT2D eigenvalue weighted by Gasteiger charge is 2.30. The lowest BCUT2D eigenvalue weighted by Gasteiger charge is -2.39. The van der Waals surface area contributed by atoms with Crippen LogP contribution in [-0.2, 0) is 11.2 Å². The van der Waals surface area contributed by atoms with Gasteiger partial charge in [-0.05, 0) is 117 Å². The monoisotopic (exact) mass is 524 g/mol. The number of methoxy groups -OCH3 is 1. The third-order valence-corrected chi connectivity index (χ3v) is 7.89. The van der Waals surface area contributed by atoms with Gasteiger partial charge in [-0.25, -0.2) is 8.78 Å². The molecule has 0 aliphatic carbocycles. The number of aromatic nitrogens is 1. The normalized spacial score (nSPS) is 18.9. The Morgan fingerprint density at radius 1 is 1.16 bits per heavy atom. The zero-order valence-corrected chi connectivity index (χ0v) is 22.1. The number of nitrogens with zero attached hydrogens (tertiary/aromatic N) is 2. The van der Waals surface area contributed by atoms with Gasteiger partial charge in [0, 0.05) is 24.5 Å². The van der Waals surface area contributed by atoms with Crippen LogP contribution in [0.3, 0.4) is 0 Å². The number of pyridine rings is 1. The van der Waals surface area contributed by atoms with E-state index in [1.807, 2.05) is 24.3 Å². The molecule has 1 aliphatic rings. The van der Waals surface area contributed by atoms with Crippen LogP contribution in [0.25, 0.3) is 10.9 Å². The molecular weight excluding hydrogens is 486 g/mol. The van der Waals surface area contributed by atoms with Crippen molar-refractivity contribution in [3.8, 4) is 5.75 Å². The Balaban J connectivity index is 1.32. The number of fused-ring (bicyclic) bond motifs is 1. The summed E-state index contributed by atoms with van der Waals surface area (Å²) in [5.41, 5.74) is 2.40. The second-order valence-corrected chi connectivity index (χ2v) is 10.5. The van der Waals surface area contributed by atoms with E-state index in [4.69, 9.17) is 4.74 Å². The number of carbonyl (C=O) groups is 1. The third-order valence-electron chi connectivity index (χ3n) is 7.89. The number of likely N-dealkylation sites (tertiary alicyclic amines) is 1. The van der Waals surface area contributed by atoms with Gasteiger partial charge in [0.25, 0.3) is 0 Å². The van der Waals surface area contributed by atoms with Gasteiger partial charge in [0.15, 0.2) is 0 Å². The van der Waals surface area contributed by atoms with Gasteiger partial charge < -0.3 is 14.7 Å². The van der Waals surface area contributed by atoms with E-state index < -0.39 is 12.1 Å². The fourth-order valence-electron chi connectivity index (χ4n) is 5.79. The molecule has 1 aliphatic heterocycles. The molecule has 7 heteroatoms. The number of aryl methyl sites for hydroxylation is 1. The second-order valence-electron chi connectivity index (χ2n) is 10.5. The minimum atomic E-state index is -1.12. The molecule has 1 fully saturated rings. The van der Waals surface area contributed by atoms with Gasteiger partial charge in [0.05, 0.1) is 12.6 Å². The van der Waals surface area contributed by atoms with E-state index in [1.54, 1.807) is 31.5 Å². The van der Waals surface area contributed by atoms with Crippen LogP contribution in [0.4, 0.5) is 8.78 Å². The molecule has 4 rings (SSSR count). The average molecular weight is 525 g/mol. The minimum absolute atomic E-state index is 0.141. The molecule has 0 bridgehead atoms. The van der Waals surface area contributed by atoms with Crippen LogP contribution in [0.1, 0.15) is 62.2 Å². The quantitative estimate of drug-likeness (QED) is 0.244. The van der Waals surface area contributed by atoms with Gasteiger partial charge in [-0.3, -0.25) is 9.78 Å². The highest BCUT2D eigenvalue weighted by atomic mass is 19.1. The van der Waals surface area contributed by atoms with Crippen molar-refractivity contribution in [1.82, 2.24) is 9.88 Å². The predicted molar refractivity (Wildman–Crippen MR) is 146 cm³/mol. The summed E-state index contributed by atoms with van der Waals surface area (Å²) in [6.07, 6.45) is 6.22. The minimum Gasteiger partial charge on any atom is -0.497 e.